The van der Waals surface area contributed by atoms with Gasteiger partial charge in [0.1, 0.15) is 0 Å². The molecule has 20 heavy (non-hydrogen) atoms. The van der Waals surface area contributed by atoms with Crippen molar-refractivity contribution in [2.24, 2.45) is 17.8 Å². The molecule has 1 aromatic rings. The summed E-state index contributed by atoms with van der Waals surface area (Å²) in [6, 6.07) is 6.93. The van der Waals surface area contributed by atoms with Gasteiger partial charge in [0.25, 0.3) is 0 Å². The first-order valence-corrected chi connectivity index (χ1v) is 8.02. The van der Waals surface area contributed by atoms with Gasteiger partial charge in [-0.2, -0.15) is 0 Å². The maximum Gasteiger partial charge on any atom is 0.0397 e. The van der Waals surface area contributed by atoms with Crippen LogP contribution in [0.3, 0.4) is 0 Å². The quantitative estimate of drug-likeness (QED) is 0.851. The van der Waals surface area contributed by atoms with E-state index in [2.05, 4.69) is 63.2 Å². The van der Waals surface area contributed by atoms with Crippen molar-refractivity contribution in [1.29, 1.82) is 0 Å². The summed E-state index contributed by atoms with van der Waals surface area (Å²) in [5.74, 6) is 2.25. The van der Waals surface area contributed by atoms with Crippen molar-refractivity contribution in [1.82, 2.24) is 5.32 Å². The summed E-state index contributed by atoms with van der Waals surface area (Å²) in [5, 5.41) is 3.65. The predicted octanol–water partition coefficient (Wildman–Crippen LogP) is 3.70. The molecular weight excluding hydrogens is 244 g/mol. The second-order valence-electron chi connectivity index (χ2n) is 6.92. The van der Waals surface area contributed by atoms with Gasteiger partial charge in [0, 0.05) is 25.8 Å². The van der Waals surface area contributed by atoms with Crippen LogP contribution in [0.25, 0.3) is 0 Å². The van der Waals surface area contributed by atoms with Crippen LogP contribution in [0.2, 0.25) is 0 Å². The summed E-state index contributed by atoms with van der Waals surface area (Å²) < 4.78 is 0. The highest BCUT2D eigenvalue weighted by Gasteiger charge is 2.18. The van der Waals surface area contributed by atoms with Crippen molar-refractivity contribution in [3.8, 4) is 0 Å². The Morgan fingerprint density at radius 2 is 1.85 bits per heavy atom. The van der Waals surface area contributed by atoms with Crippen LogP contribution in [0.1, 0.15) is 38.8 Å². The van der Waals surface area contributed by atoms with E-state index in [1.54, 1.807) is 0 Å². The topological polar surface area (TPSA) is 15.3 Å². The fraction of sp³-hybridized carbons (Fsp3) is 0.667. The molecule has 1 aliphatic heterocycles. The number of likely N-dealkylation sites (N-methyl/N-ethyl adjacent to an activating group) is 1. The minimum absolute atomic E-state index is 0.746. The summed E-state index contributed by atoms with van der Waals surface area (Å²) in [4.78, 5) is 2.35. The molecule has 2 nitrogen and oxygen atoms in total. The van der Waals surface area contributed by atoms with Gasteiger partial charge in [0.15, 0.2) is 0 Å². The van der Waals surface area contributed by atoms with Gasteiger partial charge in [0.05, 0.1) is 0 Å². The van der Waals surface area contributed by atoms with Crippen molar-refractivity contribution < 1.29 is 0 Å². The Hall–Kier alpha value is -1.02. The first kappa shape index (κ1) is 15.4. The number of hydrogen-bond acceptors (Lipinski definition) is 2. The van der Waals surface area contributed by atoms with Crippen molar-refractivity contribution in [3.05, 3.63) is 29.3 Å². The van der Waals surface area contributed by atoms with Crippen molar-refractivity contribution >= 4 is 5.69 Å². The molecule has 0 aliphatic carbocycles. The fourth-order valence-electron chi connectivity index (χ4n) is 3.35. The van der Waals surface area contributed by atoms with E-state index >= 15 is 0 Å². The maximum atomic E-state index is 3.65. The number of nitrogens with zero attached hydrogens (tertiary/aromatic N) is 1. The van der Waals surface area contributed by atoms with Gasteiger partial charge < -0.3 is 10.2 Å². The van der Waals surface area contributed by atoms with E-state index < -0.39 is 0 Å². The number of fused-ring (bicyclic) bond motifs is 1. The van der Waals surface area contributed by atoms with Crippen molar-refractivity contribution in [2.75, 3.05) is 25.0 Å². The number of rotatable bonds is 6. The van der Waals surface area contributed by atoms with Gasteiger partial charge in [-0.25, -0.2) is 0 Å². The summed E-state index contributed by atoms with van der Waals surface area (Å²) in [7, 11) is 2.18. The van der Waals surface area contributed by atoms with Crippen LogP contribution in [0, 0.1) is 17.8 Å². The summed E-state index contributed by atoms with van der Waals surface area (Å²) >= 11 is 0. The molecule has 112 valence electrons. The van der Waals surface area contributed by atoms with Gasteiger partial charge in [-0.3, -0.25) is 0 Å². The zero-order valence-corrected chi connectivity index (χ0v) is 13.7. The average Bonchev–Trinajstić information content (AvgIpc) is 2.75. The van der Waals surface area contributed by atoms with E-state index in [1.165, 1.54) is 23.2 Å². The lowest BCUT2D eigenvalue weighted by Crippen LogP contribution is -2.29. The number of benzene rings is 1. The summed E-state index contributed by atoms with van der Waals surface area (Å²) in [5.41, 5.74) is 4.34. The van der Waals surface area contributed by atoms with Crippen LogP contribution in [-0.2, 0) is 13.0 Å². The molecule has 0 radical (unpaired) electrons. The smallest absolute Gasteiger partial charge is 0.0397 e. The third kappa shape index (κ3) is 3.54. The number of hydrogen-bond donors (Lipinski definition) is 1. The van der Waals surface area contributed by atoms with E-state index in [0.717, 1.165) is 37.4 Å². The Labute approximate surface area is 124 Å². The highest BCUT2D eigenvalue weighted by molar-refractivity contribution is 5.58. The van der Waals surface area contributed by atoms with E-state index in [-0.39, 0.29) is 0 Å². The second-order valence-corrected chi connectivity index (χ2v) is 6.92. The summed E-state index contributed by atoms with van der Waals surface area (Å²) in [6.07, 6.45) is 1.19. The lowest BCUT2D eigenvalue weighted by atomic mass is 9.85. The third-order valence-corrected chi connectivity index (χ3v) is 4.69. The molecule has 0 atom stereocenters. The van der Waals surface area contributed by atoms with E-state index in [4.69, 9.17) is 0 Å². The van der Waals surface area contributed by atoms with Crippen LogP contribution in [0.15, 0.2) is 18.2 Å². The normalized spacial score (nSPS) is 14.7. The molecular formula is C18H30N2. The van der Waals surface area contributed by atoms with Crippen molar-refractivity contribution in [2.45, 2.75) is 40.7 Å². The Bertz CT molecular complexity index is 429. The molecule has 0 amide bonds. The van der Waals surface area contributed by atoms with Gasteiger partial charge in [-0.05, 0) is 47.9 Å². The molecule has 0 saturated heterocycles. The van der Waals surface area contributed by atoms with Crippen LogP contribution in [0.5, 0.6) is 0 Å². The summed E-state index contributed by atoms with van der Waals surface area (Å²) in [6.45, 7) is 12.6. The molecule has 2 heteroatoms. The molecule has 1 aliphatic rings. The molecule has 1 N–H and O–H groups in total. The highest BCUT2D eigenvalue weighted by atomic mass is 15.1. The molecule has 2 rings (SSSR count). The highest BCUT2D eigenvalue weighted by Crippen LogP contribution is 2.27. The maximum absolute atomic E-state index is 3.65. The van der Waals surface area contributed by atoms with E-state index in [0.29, 0.717) is 0 Å². The number of anilines is 1. The lowest BCUT2D eigenvalue weighted by molar-refractivity contribution is 0.275. The minimum atomic E-state index is 0.746. The van der Waals surface area contributed by atoms with Crippen LogP contribution in [-0.4, -0.2) is 20.1 Å². The Kier molecular flexibility index (Phi) is 5.09. The number of nitrogens with one attached hydrogen (secondary N) is 1. The van der Waals surface area contributed by atoms with Crippen molar-refractivity contribution in [3.63, 3.8) is 0 Å². The molecule has 0 unspecified atom stereocenters. The SMILES string of the molecule is CC(C)C(CNCc1ccc2c(c1)CCN2C)C(C)C. The Morgan fingerprint density at radius 1 is 1.15 bits per heavy atom. The standard InChI is InChI=1S/C18H30N2/c1-13(2)17(14(3)4)12-19-11-15-6-7-18-16(10-15)8-9-20(18)5/h6-7,10,13-14,17,19H,8-9,11-12H2,1-5H3. The van der Waals surface area contributed by atoms with E-state index in [9.17, 15) is 0 Å². The van der Waals surface area contributed by atoms with E-state index in [1.807, 2.05) is 0 Å². The molecule has 1 aromatic carbocycles. The molecule has 0 aromatic heterocycles. The van der Waals surface area contributed by atoms with Crippen LogP contribution in [0.4, 0.5) is 5.69 Å². The fourth-order valence-corrected chi connectivity index (χ4v) is 3.35. The van der Waals surface area contributed by atoms with Gasteiger partial charge in [0.2, 0.25) is 0 Å². The van der Waals surface area contributed by atoms with Gasteiger partial charge in [-0.15, -0.1) is 0 Å². The second kappa shape index (κ2) is 6.62. The Balaban J connectivity index is 1.89. The average molecular weight is 274 g/mol. The zero-order valence-electron chi connectivity index (χ0n) is 13.7. The first-order valence-electron chi connectivity index (χ1n) is 8.02. The Morgan fingerprint density at radius 3 is 2.50 bits per heavy atom. The van der Waals surface area contributed by atoms with Gasteiger partial charge >= 0.3 is 0 Å². The molecule has 0 saturated carbocycles. The minimum Gasteiger partial charge on any atom is -0.374 e. The third-order valence-electron chi connectivity index (χ3n) is 4.69. The zero-order chi connectivity index (χ0) is 14.7. The molecule has 0 bridgehead atoms. The molecule has 0 fully saturated rings. The van der Waals surface area contributed by atoms with Gasteiger partial charge in [-0.1, -0.05) is 39.8 Å². The predicted molar refractivity (Wildman–Crippen MR) is 88.3 cm³/mol. The van der Waals surface area contributed by atoms with Crippen LogP contribution < -0.4 is 10.2 Å². The largest absolute Gasteiger partial charge is 0.374 e. The lowest BCUT2D eigenvalue weighted by Gasteiger charge is -2.25. The first-order chi connectivity index (χ1) is 9.49. The molecule has 1 heterocycles. The van der Waals surface area contributed by atoms with Crippen LogP contribution >= 0.6 is 0 Å². The molecule has 0 spiro atoms. The monoisotopic (exact) mass is 274 g/mol.